The van der Waals surface area contributed by atoms with Crippen LogP contribution in [0.5, 0.6) is 5.75 Å². The van der Waals surface area contributed by atoms with E-state index in [4.69, 9.17) is 9.47 Å². The molecule has 1 saturated carbocycles. The average Bonchev–Trinajstić information content (AvgIpc) is 3.66. The highest BCUT2D eigenvalue weighted by Gasteiger charge is 2.29. The molecule has 1 aliphatic rings. The van der Waals surface area contributed by atoms with E-state index in [-0.39, 0.29) is 17.7 Å². The van der Waals surface area contributed by atoms with Gasteiger partial charge in [-0.15, -0.1) is 0 Å². The zero-order valence-corrected chi connectivity index (χ0v) is 20.4. The number of carbonyl (C=O) groups excluding carboxylic acids is 2. The fourth-order valence-corrected chi connectivity index (χ4v) is 3.81. The third kappa shape index (κ3) is 7.11. The summed E-state index contributed by atoms with van der Waals surface area (Å²) in [6, 6.07) is 10.7. The number of rotatable bonds is 13. The maximum absolute atomic E-state index is 13.9. The van der Waals surface area contributed by atoms with Gasteiger partial charge in [0.15, 0.2) is 6.29 Å². The summed E-state index contributed by atoms with van der Waals surface area (Å²) in [4.78, 5) is 26.5. The van der Waals surface area contributed by atoms with Gasteiger partial charge in [0.1, 0.15) is 18.2 Å². The Labute approximate surface area is 201 Å². The Bertz CT molecular complexity index is 979. The van der Waals surface area contributed by atoms with Crippen LogP contribution >= 0.6 is 0 Å². The third-order valence-corrected chi connectivity index (χ3v) is 6.51. The molecule has 0 spiro atoms. The highest BCUT2D eigenvalue weighted by atomic mass is 19.1. The molecule has 7 heteroatoms. The van der Waals surface area contributed by atoms with Gasteiger partial charge in [-0.05, 0) is 62.8 Å². The Morgan fingerprint density at radius 2 is 1.94 bits per heavy atom. The van der Waals surface area contributed by atoms with Crippen molar-refractivity contribution in [2.24, 2.45) is 11.8 Å². The summed E-state index contributed by atoms with van der Waals surface area (Å²) in [5, 5.41) is 2.68. The van der Waals surface area contributed by atoms with Gasteiger partial charge >= 0.3 is 0 Å². The summed E-state index contributed by atoms with van der Waals surface area (Å²) >= 11 is 0. The molecule has 1 fully saturated rings. The largest absolute Gasteiger partial charge is 0.491 e. The quantitative estimate of drug-likeness (QED) is 0.416. The smallest absolute Gasteiger partial charge is 0.258 e. The number of ether oxygens (including phenoxy) is 2. The first-order valence-electron chi connectivity index (χ1n) is 11.9. The number of carbonyl (C=O) groups is 2. The van der Waals surface area contributed by atoms with Crippen LogP contribution in [0.15, 0.2) is 42.5 Å². The van der Waals surface area contributed by atoms with Crippen molar-refractivity contribution in [1.29, 1.82) is 0 Å². The Morgan fingerprint density at radius 1 is 1.21 bits per heavy atom. The normalized spacial score (nSPS) is 16.1. The molecule has 3 rings (SSSR count). The molecule has 0 aromatic heterocycles. The van der Waals surface area contributed by atoms with Gasteiger partial charge in [-0.1, -0.05) is 19.1 Å². The van der Waals surface area contributed by atoms with Crippen molar-refractivity contribution in [1.82, 2.24) is 4.90 Å². The number of methoxy groups -OCH3 is 1. The van der Waals surface area contributed by atoms with Crippen LogP contribution in [0.1, 0.15) is 54.3 Å². The molecular formula is C27H35FN2O4. The van der Waals surface area contributed by atoms with E-state index in [9.17, 15) is 14.0 Å². The first-order chi connectivity index (χ1) is 16.3. The molecule has 2 aromatic carbocycles. The van der Waals surface area contributed by atoms with Crippen molar-refractivity contribution < 1.29 is 23.5 Å². The van der Waals surface area contributed by atoms with E-state index in [0.29, 0.717) is 29.5 Å². The fraction of sp³-hybridized carbons (Fsp3) is 0.481. The number of aldehydes is 1. The van der Waals surface area contributed by atoms with Gasteiger partial charge < -0.3 is 14.8 Å². The number of anilines is 1. The lowest BCUT2D eigenvalue weighted by atomic mass is 10.0. The SMILES string of the molecule is CO[C@H](C)[C@@H](C)CN(CC1CC1)[C@@H](C)COc1cc(NC(=O)c2ccccc2F)ccc1C=O. The zero-order valence-electron chi connectivity index (χ0n) is 20.4. The molecule has 1 N–H and O–H groups in total. The van der Waals surface area contributed by atoms with Crippen molar-refractivity contribution in [3.63, 3.8) is 0 Å². The minimum absolute atomic E-state index is 0.0480. The molecule has 0 unspecified atom stereocenters. The predicted molar refractivity (Wildman–Crippen MR) is 131 cm³/mol. The second-order valence-corrected chi connectivity index (χ2v) is 9.28. The van der Waals surface area contributed by atoms with E-state index in [1.807, 2.05) is 0 Å². The van der Waals surface area contributed by atoms with Crippen LogP contribution in [0.25, 0.3) is 0 Å². The van der Waals surface area contributed by atoms with E-state index in [0.717, 1.165) is 25.3 Å². The van der Waals surface area contributed by atoms with Gasteiger partial charge in [0.2, 0.25) is 0 Å². The zero-order chi connectivity index (χ0) is 24.7. The van der Waals surface area contributed by atoms with Crippen LogP contribution in [-0.4, -0.2) is 56.0 Å². The fourth-order valence-electron chi connectivity index (χ4n) is 3.81. The molecule has 1 aliphatic carbocycles. The number of nitrogens with one attached hydrogen (secondary N) is 1. The van der Waals surface area contributed by atoms with Gasteiger partial charge in [0, 0.05) is 38.0 Å². The molecule has 0 radical (unpaired) electrons. The topological polar surface area (TPSA) is 67.9 Å². The molecule has 184 valence electrons. The van der Waals surface area contributed by atoms with Crippen molar-refractivity contribution in [3.8, 4) is 5.75 Å². The van der Waals surface area contributed by atoms with Crippen LogP contribution in [0.4, 0.5) is 10.1 Å². The summed E-state index contributed by atoms with van der Waals surface area (Å²) in [6.07, 6.45) is 3.41. The Balaban J connectivity index is 1.67. The van der Waals surface area contributed by atoms with Crippen molar-refractivity contribution >= 4 is 17.9 Å². The van der Waals surface area contributed by atoms with E-state index in [1.165, 1.54) is 31.0 Å². The van der Waals surface area contributed by atoms with Gasteiger partial charge in [0.05, 0.1) is 17.2 Å². The standard InChI is InChI=1S/C27H35FN2O4/c1-18(20(3)33-4)14-30(15-21-9-10-21)19(2)17-34-26-13-23(12-11-22(26)16-31)29-27(32)24-7-5-6-8-25(24)28/h5-8,11-13,16,18-21H,9-10,14-15,17H2,1-4H3,(H,29,32)/t18-,19-,20+/m0/s1. The lowest BCUT2D eigenvalue weighted by molar-refractivity contribution is 0.0405. The molecule has 0 heterocycles. The van der Waals surface area contributed by atoms with Crippen molar-refractivity contribution in [3.05, 3.63) is 59.4 Å². The highest BCUT2D eigenvalue weighted by molar-refractivity contribution is 6.04. The van der Waals surface area contributed by atoms with E-state index in [1.54, 1.807) is 31.4 Å². The summed E-state index contributed by atoms with van der Waals surface area (Å²) in [5.74, 6) is 0.331. The summed E-state index contributed by atoms with van der Waals surface area (Å²) in [7, 11) is 1.73. The van der Waals surface area contributed by atoms with Gasteiger partial charge in [-0.25, -0.2) is 4.39 Å². The number of hydrogen-bond donors (Lipinski definition) is 1. The van der Waals surface area contributed by atoms with Crippen LogP contribution in [0, 0.1) is 17.7 Å². The minimum Gasteiger partial charge on any atom is -0.491 e. The molecule has 34 heavy (non-hydrogen) atoms. The van der Waals surface area contributed by atoms with E-state index in [2.05, 4.69) is 31.0 Å². The Kier molecular flexibility index (Phi) is 9.19. The molecule has 3 atom stereocenters. The summed E-state index contributed by atoms with van der Waals surface area (Å²) in [6.45, 7) is 8.70. The lowest BCUT2D eigenvalue weighted by Crippen LogP contribution is -2.43. The van der Waals surface area contributed by atoms with Crippen LogP contribution < -0.4 is 10.1 Å². The molecule has 0 saturated heterocycles. The maximum Gasteiger partial charge on any atom is 0.258 e. The predicted octanol–water partition coefficient (Wildman–Crippen LogP) is 5.04. The Morgan fingerprint density at radius 3 is 2.59 bits per heavy atom. The van der Waals surface area contributed by atoms with Crippen molar-refractivity contribution in [2.75, 3.05) is 32.1 Å². The summed E-state index contributed by atoms with van der Waals surface area (Å²) in [5.41, 5.74) is 0.776. The van der Waals surface area contributed by atoms with Gasteiger partial charge in [-0.2, -0.15) is 0 Å². The number of hydrogen-bond acceptors (Lipinski definition) is 5. The van der Waals surface area contributed by atoms with E-state index >= 15 is 0 Å². The molecular weight excluding hydrogens is 435 g/mol. The van der Waals surface area contributed by atoms with E-state index < -0.39 is 11.7 Å². The molecule has 1 amide bonds. The number of nitrogens with zero attached hydrogens (tertiary/aromatic N) is 1. The number of amides is 1. The monoisotopic (exact) mass is 470 g/mol. The first-order valence-corrected chi connectivity index (χ1v) is 11.9. The average molecular weight is 471 g/mol. The molecule has 2 aromatic rings. The van der Waals surface area contributed by atoms with Gasteiger partial charge in [0.25, 0.3) is 5.91 Å². The number of halogens is 1. The van der Waals surface area contributed by atoms with Gasteiger partial charge in [-0.3, -0.25) is 14.5 Å². The minimum atomic E-state index is -0.595. The highest BCUT2D eigenvalue weighted by Crippen LogP contribution is 2.31. The second kappa shape index (κ2) is 12.1. The molecule has 0 bridgehead atoms. The summed E-state index contributed by atoms with van der Waals surface area (Å²) < 4.78 is 25.5. The second-order valence-electron chi connectivity index (χ2n) is 9.28. The lowest BCUT2D eigenvalue weighted by Gasteiger charge is -2.33. The maximum atomic E-state index is 13.9. The van der Waals surface area contributed by atoms with Crippen LogP contribution in [0.3, 0.4) is 0 Å². The number of benzene rings is 2. The molecule has 0 aliphatic heterocycles. The van der Waals surface area contributed by atoms with Crippen molar-refractivity contribution in [2.45, 2.75) is 45.8 Å². The van der Waals surface area contributed by atoms with Crippen LogP contribution in [-0.2, 0) is 4.74 Å². The first kappa shape index (κ1) is 25.8. The van der Waals surface area contributed by atoms with Crippen LogP contribution in [0.2, 0.25) is 0 Å². The molecule has 6 nitrogen and oxygen atoms in total. The Hall–Kier alpha value is -2.77. The third-order valence-electron chi connectivity index (χ3n) is 6.51.